The lowest BCUT2D eigenvalue weighted by Gasteiger charge is -2.39. The zero-order chi connectivity index (χ0) is 30.9. The normalized spacial score (nSPS) is 16.6. The molecule has 43 heavy (non-hydrogen) atoms. The molecule has 11 nitrogen and oxygen atoms in total. The van der Waals surface area contributed by atoms with Crippen molar-refractivity contribution in [3.05, 3.63) is 42.2 Å². The number of methoxy groups -OCH3 is 1. The van der Waals surface area contributed by atoms with Crippen LogP contribution in [0.25, 0.3) is 16.9 Å². The van der Waals surface area contributed by atoms with E-state index in [1.54, 1.807) is 35.0 Å². The van der Waals surface area contributed by atoms with E-state index in [0.29, 0.717) is 42.3 Å². The Morgan fingerprint density at radius 2 is 1.88 bits per heavy atom. The number of amides is 1. The number of ether oxygens (including phenoxy) is 4. The molecule has 232 valence electrons. The number of pyridine rings is 1. The van der Waals surface area contributed by atoms with Crippen LogP contribution < -0.4 is 19.5 Å². The molecule has 0 radical (unpaired) electrons. The van der Waals surface area contributed by atoms with Crippen molar-refractivity contribution in [2.45, 2.75) is 58.0 Å². The molecule has 1 amide bonds. The van der Waals surface area contributed by atoms with Crippen molar-refractivity contribution in [1.29, 1.82) is 0 Å². The molecule has 1 saturated heterocycles. The van der Waals surface area contributed by atoms with Crippen molar-refractivity contribution < 1.29 is 42.4 Å². The van der Waals surface area contributed by atoms with Crippen molar-refractivity contribution in [3.8, 4) is 28.5 Å². The number of hydrogen-bond acceptors (Lipinski definition) is 9. The number of carbonyl (C=O) groups excluding carboxylic acids is 2. The van der Waals surface area contributed by atoms with E-state index in [1.165, 1.54) is 13.2 Å². The number of fused-ring (bicyclic) bond motifs is 1. The van der Waals surface area contributed by atoms with Crippen LogP contribution in [0, 0.1) is 5.92 Å². The molecule has 3 heterocycles. The number of aliphatic hydroxyl groups excluding tert-OH is 1. The van der Waals surface area contributed by atoms with Crippen molar-refractivity contribution in [1.82, 2.24) is 19.6 Å². The number of hydrogen-bond donors (Lipinski definition) is 2. The van der Waals surface area contributed by atoms with Crippen molar-refractivity contribution >= 4 is 17.5 Å². The zero-order valence-corrected chi connectivity index (χ0v) is 24.5. The first-order valence-electron chi connectivity index (χ1n) is 14.1. The van der Waals surface area contributed by atoms with Crippen LogP contribution in [-0.2, 0) is 9.53 Å². The van der Waals surface area contributed by atoms with Gasteiger partial charge in [-0.15, -0.1) is 0 Å². The fourth-order valence-electron chi connectivity index (χ4n) is 4.86. The SMILES string of the molecule is COc1cc(-c2cnc3cc(OCC(O)CN4CC(C(=O)OC(C)(C)C)C4)ccn23)cc(OC(F)F)c1C(=O)NC1CC1. The number of alkyl halides is 2. The molecule has 2 aliphatic rings. The summed E-state index contributed by atoms with van der Waals surface area (Å²) in [6, 6.07) is 6.33. The molecule has 3 aromatic rings. The van der Waals surface area contributed by atoms with Gasteiger partial charge in [0.25, 0.3) is 5.91 Å². The number of esters is 1. The molecule has 0 spiro atoms. The van der Waals surface area contributed by atoms with Gasteiger partial charge < -0.3 is 29.4 Å². The van der Waals surface area contributed by atoms with E-state index >= 15 is 0 Å². The number of aliphatic hydroxyl groups is 1. The van der Waals surface area contributed by atoms with Gasteiger partial charge in [-0.2, -0.15) is 8.78 Å². The van der Waals surface area contributed by atoms with Crippen LogP contribution in [0.5, 0.6) is 17.2 Å². The van der Waals surface area contributed by atoms with Crippen molar-refractivity contribution in [2.75, 3.05) is 33.4 Å². The molecule has 1 aromatic carbocycles. The number of imidazole rings is 1. The Hall–Kier alpha value is -3.97. The first kappa shape index (κ1) is 30.5. The van der Waals surface area contributed by atoms with Crippen molar-refractivity contribution in [2.24, 2.45) is 5.92 Å². The Morgan fingerprint density at radius 1 is 1.16 bits per heavy atom. The molecule has 1 saturated carbocycles. The lowest BCUT2D eigenvalue weighted by Crippen LogP contribution is -2.54. The van der Waals surface area contributed by atoms with Gasteiger partial charge in [0.1, 0.15) is 46.8 Å². The molecule has 5 rings (SSSR count). The van der Waals surface area contributed by atoms with Crippen LogP contribution in [0.4, 0.5) is 8.78 Å². The van der Waals surface area contributed by atoms with Gasteiger partial charge in [-0.3, -0.25) is 18.9 Å². The summed E-state index contributed by atoms with van der Waals surface area (Å²) in [5.74, 6) is -0.696. The topological polar surface area (TPSA) is 124 Å². The molecular formula is C30H36F2N4O7. The maximum atomic E-state index is 13.3. The molecule has 1 aliphatic carbocycles. The largest absolute Gasteiger partial charge is 0.496 e. The highest BCUT2D eigenvalue weighted by atomic mass is 19.3. The highest BCUT2D eigenvalue weighted by Gasteiger charge is 2.36. The number of rotatable bonds is 12. The fourth-order valence-corrected chi connectivity index (χ4v) is 4.86. The minimum Gasteiger partial charge on any atom is -0.496 e. The minimum absolute atomic E-state index is 0.0137. The fraction of sp³-hybridized carbons (Fsp3) is 0.500. The van der Waals surface area contributed by atoms with Gasteiger partial charge in [0.05, 0.1) is 24.9 Å². The number of likely N-dealkylation sites (tertiary alicyclic amines) is 1. The highest BCUT2D eigenvalue weighted by Crippen LogP contribution is 2.37. The lowest BCUT2D eigenvalue weighted by molar-refractivity contribution is -0.166. The average Bonchev–Trinajstić information content (AvgIpc) is 3.62. The maximum Gasteiger partial charge on any atom is 0.387 e. The first-order chi connectivity index (χ1) is 20.4. The molecule has 13 heteroatoms. The number of benzene rings is 1. The number of carbonyl (C=O) groups is 2. The van der Waals surface area contributed by atoms with E-state index in [9.17, 15) is 23.5 Å². The number of β-amino-alcohol motifs (C(OH)–C–C–N with tert-alkyl or cyclic N) is 1. The van der Waals surface area contributed by atoms with E-state index < -0.39 is 24.2 Å². The summed E-state index contributed by atoms with van der Waals surface area (Å²) in [6.45, 7) is 3.79. The predicted molar refractivity (Wildman–Crippen MR) is 152 cm³/mol. The summed E-state index contributed by atoms with van der Waals surface area (Å²) < 4.78 is 49.7. The van der Waals surface area contributed by atoms with Gasteiger partial charge in [0.15, 0.2) is 0 Å². The standard InChI is InChI=1S/C30H36F2N4O7/c1-30(2,3)43-28(39)18-13-35(14-18)15-20(37)16-41-21-7-8-36-22(12-33-25(36)11-21)17-9-23(40-4)26(24(10-17)42-29(31)32)27(38)34-19-5-6-19/h7-12,18-20,29,37H,5-6,13-16H2,1-4H3,(H,34,38). The Balaban J connectivity index is 1.24. The van der Waals surface area contributed by atoms with Gasteiger partial charge in [0.2, 0.25) is 0 Å². The van der Waals surface area contributed by atoms with Gasteiger partial charge in [-0.25, -0.2) is 4.98 Å². The van der Waals surface area contributed by atoms with E-state index in [0.717, 1.165) is 12.8 Å². The number of aromatic nitrogens is 2. The Morgan fingerprint density at radius 3 is 2.53 bits per heavy atom. The van der Waals surface area contributed by atoms with E-state index in [4.69, 9.17) is 18.9 Å². The van der Waals surface area contributed by atoms with Crippen LogP contribution in [0.2, 0.25) is 0 Å². The third-order valence-corrected chi connectivity index (χ3v) is 7.03. The minimum atomic E-state index is -3.14. The summed E-state index contributed by atoms with van der Waals surface area (Å²) in [4.78, 5) is 31.3. The molecule has 2 aromatic heterocycles. The monoisotopic (exact) mass is 602 g/mol. The lowest BCUT2D eigenvalue weighted by atomic mass is 9.99. The summed E-state index contributed by atoms with van der Waals surface area (Å²) in [7, 11) is 1.35. The van der Waals surface area contributed by atoms with Crippen LogP contribution >= 0.6 is 0 Å². The predicted octanol–water partition coefficient (Wildman–Crippen LogP) is 3.52. The molecule has 1 atom stereocenters. The number of nitrogens with zero attached hydrogens (tertiary/aromatic N) is 3. The van der Waals surface area contributed by atoms with E-state index in [-0.39, 0.29) is 41.6 Å². The van der Waals surface area contributed by atoms with Crippen LogP contribution in [0.3, 0.4) is 0 Å². The van der Waals surface area contributed by atoms with Gasteiger partial charge in [-0.1, -0.05) is 0 Å². The smallest absolute Gasteiger partial charge is 0.387 e. The second-order valence-electron chi connectivity index (χ2n) is 11.8. The quantitative estimate of drug-likeness (QED) is 0.300. The van der Waals surface area contributed by atoms with E-state index in [1.807, 2.05) is 25.7 Å². The summed E-state index contributed by atoms with van der Waals surface area (Å²) >= 11 is 0. The Kier molecular flexibility index (Phi) is 8.74. The van der Waals surface area contributed by atoms with Crippen LogP contribution in [-0.4, -0.2) is 89.0 Å². The second kappa shape index (κ2) is 12.3. The van der Waals surface area contributed by atoms with Crippen LogP contribution in [0.15, 0.2) is 36.7 Å². The molecule has 1 unspecified atom stereocenters. The molecule has 0 bridgehead atoms. The average molecular weight is 603 g/mol. The highest BCUT2D eigenvalue weighted by molar-refractivity contribution is 6.01. The van der Waals surface area contributed by atoms with Crippen LogP contribution in [0.1, 0.15) is 44.0 Å². The summed E-state index contributed by atoms with van der Waals surface area (Å²) in [6.07, 6.45) is 4.15. The second-order valence-corrected chi connectivity index (χ2v) is 11.8. The molecule has 2 N–H and O–H groups in total. The van der Waals surface area contributed by atoms with Crippen molar-refractivity contribution in [3.63, 3.8) is 0 Å². The van der Waals surface area contributed by atoms with Gasteiger partial charge in [-0.05, 0) is 51.8 Å². The van der Waals surface area contributed by atoms with Gasteiger partial charge in [0, 0.05) is 43.5 Å². The third kappa shape index (κ3) is 7.52. The van der Waals surface area contributed by atoms with Gasteiger partial charge >= 0.3 is 12.6 Å². The summed E-state index contributed by atoms with van der Waals surface area (Å²) in [5.41, 5.74) is 0.880. The zero-order valence-electron chi connectivity index (χ0n) is 24.5. The molecule has 1 aliphatic heterocycles. The number of halogens is 2. The molecule has 2 fully saturated rings. The number of nitrogens with one attached hydrogen (secondary N) is 1. The van der Waals surface area contributed by atoms with E-state index in [2.05, 4.69) is 10.3 Å². The summed E-state index contributed by atoms with van der Waals surface area (Å²) in [5, 5.41) is 13.2. The first-order valence-corrected chi connectivity index (χ1v) is 14.1. The Bertz CT molecular complexity index is 1480. The molecular weight excluding hydrogens is 566 g/mol. The maximum absolute atomic E-state index is 13.3. The Labute approximate surface area is 247 Å². The third-order valence-electron chi connectivity index (χ3n) is 7.03.